The number of fused-ring (bicyclic) bond motifs is 1. The Kier molecular flexibility index (Phi) is 9.77. The summed E-state index contributed by atoms with van der Waals surface area (Å²) in [5.41, 5.74) is 1.08. The third-order valence-corrected chi connectivity index (χ3v) is 7.30. The molecule has 1 aliphatic heterocycles. The minimum absolute atomic E-state index is 0.0539. The average Bonchev–Trinajstić information content (AvgIpc) is 3.33. The molecule has 2 amide bonds. The van der Waals surface area contributed by atoms with Gasteiger partial charge in [-0.3, -0.25) is 14.5 Å². The van der Waals surface area contributed by atoms with Crippen LogP contribution in [-0.4, -0.2) is 74.2 Å². The van der Waals surface area contributed by atoms with Gasteiger partial charge in [0.2, 0.25) is 5.91 Å². The van der Waals surface area contributed by atoms with Gasteiger partial charge in [0.05, 0.1) is 11.7 Å². The summed E-state index contributed by atoms with van der Waals surface area (Å²) < 4.78 is 12.1. The number of benzene rings is 1. The van der Waals surface area contributed by atoms with Crippen LogP contribution in [0.3, 0.4) is 0 Å². The van der Waals surface area contributed by atoms with Crippen molar-refractivity contribution < 1.29 is 19.1 Å². The van der Waals surface area contributed by atoms with E-state index in [1.807, 2.05) is 13.0 Å². The van der Waals surface area contributed by atoms with Crippen LogP contribution in [0.25, 0.3) is 0 Å². The van der Waals surface area contributed by atoms with Gasteiger partial charge in [-0.25, -0.2) is 0 Å². The fourth-order valence-electron chi connectivity index (χ4n) is 5.16. The highest BCUT2D eigenvalue weighted by Gasteiger charge is 2.30. The fourth-order valence-corrected chi connectivity index (χ4v) is 5.16. The van der Waals surface area contributed by atoms with Crippen molar-refractivity contribution in [1.29, 1.82) is 0 Å². The van der Waals surface area contributed by atoms with E-state index in [9.17, 15) is 9.59 Å². The molecule has 0 saturated heterocycles. The normalized spacial score (nSPS) is 25.3. The minimum Gasteiger partial charge on any atom is -0.491 e. The molecule has 1 heterocycles. The predicted octanol–water partition coefficient (Wildman–Crippen LogP) is 4.42. The van der Waals surface area contributed by atoms with E-state index >= 15 is 0 Å². The Hall–Kier alpha value is -2.12. The van der Waals surface area contributed by atoms with Crippen molar-refractivity contribution >= 4 is 17.5 Å². The molecule has 190 valence electrons. The van der Waals surface area contributed by atoms with Crippen LogP contribution >= 0.6 is 0 Å². The smallest absolute Gasteiger partial charge is 0.257 e. The number of nitrogens with zero attached hydrogens (tertiary/aromatic N) is 2. The highest BCUT2D eigenvalue weighted by atomic mass is 16.5. The van der Waals surface area contributed by atoms with Gasteiger partial charge >= 0.3 is 0 Å². The van der Waals surface area contributed by atoms with Crippen LogP contribution in [0.4, 0.5) is 5.69 Å². The molecular formula is C27H43N3O4. The zero-order valence-corrected chi connectivity index (χ0v) is 21.6. The van der Waals surface area contributed by atoms with E-state index < -0.39 is 0 Å². The third kappa shape index (κ3) is 6.95. The summed E-state index contributed by atoms with van der Waals surface area (Å²) in [5.74, 6) is 1.38. The lowest BCUT2D eigenvalue weighted by molar-refractivity contribution is -0.116. The molecule has 0 spiro atoms. The Morgan fingerprint density at radius 2 is 1.94 bits per heavy atom. The van der Waals surface area contributed by atoms with Gasteiger partial charge in [0.15, 0.2) is 0 Å². The van der Waals surface area contributed by atoms with E-state index in [1.165, 1.54) is 25.7 Å². The van der Waals surface area contributed by atoms with Crippen molar-refractivity contribution in [3.63, 3.8) is 0 Å². The molecule has 3 atom stereocenters. The van der Waals surface area contributed by atoms with E-state index in [0.29, 0.717) is 36.6 Å². The lowest BCUT2D eigenvalue weighted by Crippen LogP contribution is -2.47. The highest BCUT2D eigenvalue weighted by Crippen LogP contribution is 2.29. The van der Waals surface area contributed by atoms with Crippen molar-refractivity contribution in [2.24, 2.45) is 11.8 Å². The molecule has 1 aromatic carbocycles. The first-order valence-corrected chi connectivity index (χ1v) is 12.9. The van der Waals surface area contributed by atoms with Gasteiger partial charge in [-0.05, 0) is 56.2 Å². The summed E-state index contributed by atoms with van der Waals surface area (Å²) in [6, 6.07) is 5.56. The first kappa shape index (κ1) is 26.5. The van der Waals surface area contributed by atoms with Gasteiger partial charge in [0, 0.05) is 51.9 Å². The summed E-state index contributed by atoms with van der Waals surface area (Å²) in [4.78, 5) is 29.8. The summed E-state index contributed by atoms with van der Waals surface area (Å²) in [7, 11) is 3.53. The van der Waals surface area contributed by atoms with Crippen molar-refractivity contribution in [3.8, 4) is 5.75 Å². The second kappa shape index (κ2) is 12.5. The van der Waals surface area contributed by atoms with Gasteiger partial charge in [0.1, 0.15) is 12.4 Å². The van der Waals surface area contributed by atoms with Crippen LogP contribution in [-0.2, 0) is 9.53 Å². The molecule has 1 fully saturated rings. The summed E-state index contributed by atoms with van der Waals surface area (Å²) in [6.45, 7) is 9.38. The molecule has 7 nitrogen and oxygen atoms in total. The van der Waals surface area contributed by atoms with Crippen molar-refractivity contribution in [3.05, 3.63) is 23.8 Å². The first-order valence-electron chi connectivity index (χ1n) is 12.9. The Bertz CT molecular complexity index is 824. The van der Waals surface area contributed by atoms with E-state index in [2.05, 4.69) is 24.1 Å². The summed E-state index contributed by atoms with van der Waals surface area (Å²) in [5, 5.41) is 2.90. The van der Waals surface area contributed by atoms with Crippen LogP contribution in [0.15, 0.2) is 18.2 Å². The molecule has 1 saturated carbocycles. The van der Waals surface area contributed by atoms with Crippen molar-refractivity contribution in [2.75, 3.05) is 45.7 Å². The van der Waals surface area contributed by atoms with Crippen molar-refractivity contribution in [1.82, 2.24) is 9.80 Å². The number of amides is 2. The van der Waals surface area contributed by atoms with Crippen LogP contribution < -0.4 is 10.1 Å². The van der Waals surface area contributed by atoms with Gasteiger partial charge in [-0.1, -0.05) is 26.7 Å². The number of anilines is 1. The molecule has 3 rings (SSSR count). The number of rotatable bonds is 6. The standard InChI is InChI=1S/C27H43N3O4/c1-6-9-26(31)28-22-12-13-24-23(14-22)27(32)29(4)17-25(33-5)19(2)15-30(20(3)18-34-24)16-21-10-7-8-11-21/h12-14,19-21,25H,6-11,15-18H2,1-5H3,(H,28,31)/t19-,20+,25+/m1/s1. The molecule has 2 aliphatic rings. The Labute approximate surface area is 205 Å². The topological polar surface area (TPSA) is 71.1 Å². The molecule has 1 aromatic rings. The first-order chi connectivity index (χ1) is 16.3. The monoisotopic (exact) mass is 473 g/mol. The molecule has 0 aromatic heterocycles. The van der Waals surface area contributed by atoms with E-state index in [0.717, 1.165) is 25.4 Å². The number of likely N-dealkylation sites (N-methyl/N-ethyl adjacent to an activating group) is 1. The number of nitrogens with one attached hydrogen (secondary N) is 1. The molecule has 1 aliphatic carbocycles. The predicted molar refractivity (Wildman–Crippen MR) is 135 cm³/mol. The summed E-state index contributed by atoms with van der Waals surface area (Å²) >= 11 is 0. The fraction of sp³-hybridized carbons (Fsp3) is 0.704. The lowest BCUT2D eigenvalue weighted by Gasteiger charge is -2.37. The number of methoxy groups -OCH3 is 1. The molecule has 34 heavy (non-hydrogen) atoms. The van der Waals surface area contributed by atoms with Crippen LogP contribution in [0, 0.1) is 11.8 Å². The molecule has 0 radical (unpaired) electrons. The van der Waals surface area contributed by atoms with Gasteiger partial charge in [-0.15, -0.1) is 0 Å². The number of ether oxygens (including phenoxy) is 2. The third-order valence-electron chi connectivity index (χ3n) is 7.30. The number of carbonyl (C=O) groups is 2. The van der Waals surface area contributed by atoms with E-state index in [-0.39, 0.29) is 29.9 Å². The molecule has 0 bridgehead atoms. The SMILES string of the molecule is CCCC(=O)Nc1ccc2c(c1)C(=O)N(C)C[C@H](OC)[C@H](C)CN(CC1CCCC1)[C@@H](C)CO2. The maximum absolute atomic E-state index is 13.4. The molecule has 7 heteroatoms. The Morgan fingerprint density at radius 3 is 2.62 bits per heavy atom. The largest absolute Gasteiger partial charge is 0.491 e. The molecule has 0 unspecified atom stereocenters. The lowest BCUT2D eigenvalue weighted by atomic mass is 9.99. The zero-order valence-electron chi connectivity index (χ0n) is 21.6. The minimum atomic E-state index is -0.133. The van der Waals surface area contributed by atoms with Gasteiger partial charge < -0.3 is 19.7 Å². The number of carbonyl (C=O) groups excluding carboxylic acids is 2. The number of hydrogen-bond acceptors (Lipinski definition) is 5. The molecule has 1 N–H and O–H groups in total. The second-order valence-electron chi connectivity index (χ2n) is 10.2. The average molecular weight is 474 g/mol. The van der Waals surface area contributed by atoms with Crippen LogP contribution in [0.5, 0.6) is 5.75 Å². The Morgan fingerprint density at radius 1 is 1.21 bits per heavy atom. The molecular weight excluding hydrogens is 430 g/mol. The number of hydrogen-bond donors (Lipinski definition) is 1. The Balaban J connectivity index is 1.88. The zero-order chi connectivity index (χ0) is 24.7. The summed E-state index contributed by atoms with van der Waals surface area (Å²) in [6.07, 6.45) is 6.42. The van der Waals surface area contributed by atoms with Crippen molar-refractivity contribution in [2.45, 2.75) is 71.4 Å². The quantitative estimate of drug-likeness (QED) is 0.662. The van der Waals surface area contributed by atoms with Gasteiger partial charge in [-0.2, -0.15) is 0 Å². The van der Waals surface area contributed by atoms with E-state index in [1.54, 1.807) is 31.2 Å². The second-order valence-corrected chi connectivity index (χ2v) is 10.2. The van der Waals surface area contributed by atoms with Crippen LogP contribution in [0.2, 0.25) is 0 Å². The highest BCUT2D eigenvalue weighted by molar-refractivity contribution is 5.99. The van der Waals surface area contributed by atoms with E-state index in [4.69, 9.17) is 9.47 Å². The van der Waals surface area contributed by atoms with Gasteiger partial charge in [0.25, 0.3) is 5.91 Å². The maximum atomic E-state index is 13.4. The maximum Gasteiger partial charge on any atom is 0.257 e. The van der Waals surface area contributed by atoms with Crippen LogP contribution in [0.1, 0.15) is 69.7 Å².